The molecule has 2 aromatic carbocycles. The molecule has 2 aromatic rings. The lowest BCUT2D eigenvalue weighted by atomic mass is 10.1. The molecule has 2 rings (SSSR count). The molecular weight excluding hydrogens is 376 g/mol. The summed E-state index contributed by atoms with van der Waals surface area (Å²) in [4.78, 5) is 24.3. The van der Waals surface area contributed by atoms with Crippen molar-refractivity contribution in [1.29, 1.82) is 0 Å². The van der Waals surface area contributed by atoms with Gasteiger partial charge in [-0.05, 0) is 37.3 Å². The normalized spacial score (nSPS) is 10.1. The van der Waals surface area contributed by atoms with E-state index in [9.17, 15) is 9.59 Å². The van der Waals surface area contributed by atoms with Gasteiger partial charge in [0.15, 0.2) is 11.5 Å². The lowest BCUT2D eigenvalue weighted by Gasteiger charge is -2.14. The van der Waals surface area contributed by atoms with Crippen molar-refractivity contribution in [3.8, 4) is 23.0 Å². The summed E-state index contributed by atoms with van der Waals surface area (Å²) < 4.78 is 21.2. The van der Waals surface area contributed by atoms with E-state index in [4.69, 9.17) is 18.9 Å². The number of carbonyl (C=O) groups excluding carboxylic acids is 2. The summed E-state index contributed by atoms with van der Waals surface area (Å²) in [5.74, 6) is 1.63. The van der Waals surface area contributed by atoms with E-state index in [-0.39, 0.29) is 24.9 Å². The largest absolute Gasteiger partial charge is 0.496 e. The van der Waals surface area contributed by atoms with Gasteiger partial charge in [-0.1, -0.05) is 0 Å². The Bertz CT molecular complexity index is 836. The van der Waals surface area contributed by atoms with Gasteiger partial charge in [0.1, 0.15) is 11.5 Å². The van der Waals surface area contributed by atoms with Crippen LogP contribution in [0.15, 0.2) is 36.4 Å². The molecule has 0 bridgehead atoms. The number of rotatable bonds is 10. The molecule has 8 heteroatoms. The second kappa shape index (κ2) is 10.8. The second-order valence-electron chi connectivity index (χ2n) is 5.94. The van der Waals surface area contributed by atoms with Crippen LogP contribution in [-0.2, 0) is 11.3 Å². The minimum Gasteiger partial charge on any atom is -0.496 e. The number of amides is 2. The molecule has 0 heterocycles. The third kappa shape index (κ3) is 6.03. The fourth-order valence-electron chi connectivity index (χ4n) is 2.62. The van der Waals surface area contributed by atoms with Gasteiger partial charge in [-0.15, -0.1) is 0 Å². The van der Waals surface area contributed by atoms with Gasteiger partial charge in [-0.3, -0.25) is 9.59 Å². The van der Waals surface area contributed by atoms with E-state index in [1.807, 2.05) is 6.92 Å². The van der Waals surface area contributed by atoms with Gasteiger partial charge >= 0.3 is 0 Å². The first-order valence-corrected chi connectivity index (χ1v) is 9.09. The van der Waals surface area contributed by atoms with Crippen molar-refractivity contribution < 1.29 is 28.5 Å². The maximum atomic E-state index is 12.2. The van der Waals surface area contributed by atoms with Gasteiger partial charge in [0.05, 0.1) is 34.5 Å². The van der Waals surface area contributed by atoms with Gasteiger partial charge in [-0.25, -0.2) is 0 Å². The van der Waals surface area contributed by atoms with Crippen molar-refractivity contribution in [1.82, 2.24) is 10.6 Å². The van der Waals surface area contributed by atoms with E-state index in [1.54, 1.807) is 36.4 Å². The molecule has 0 unspecified atom stereocenters. The predicted molar refractivity (Wildman–Crippen MR) is 108 cm³/mol. The first-order chi connectivity index (χ1) is 14.0. The highest BCUT2D eigenvalue weighted by molar-refractivity contribution is 5.96. The average molecular weight is 402 g/mol. The predicted octanol–water partition coefficient (Wildman–Crippen LogP) is 2.16. The number of nitrogens with one attached hydrogen (secondary N) is 2. The van der Waals surface area contributed by atoms with Crippen LogP contribution in [0.25, 0.3) is 0 Å². The molecule has 0 fully saturated rings. The van der Waals surface area contributed by atoms with Gasteiger partial charge in [0.2, 0.25) is 5.91 Å². The van der Waals surface area contributed by atoms with Crippen molar-refractivity contribution in [2.45, 2.75) is 13.5 Å². The highest BCUT2D eigenvalue weighted by Gasteiger charge is 2.13. The molecule has 0 aliphatic carbocycles. The molecular formula is C21H26N2O6. The average Bonchev–Trinajstić information content (AvgIpc) is 2.75. The van der Waals surface area contributed by atoms with Gasteiger partial charge in [0, 0.05) is 23.7 Å². The number of hydrogen-bond donors (Lipinski definition) is 2. The Balaban J connectivity index is 1.90. The van der Waals surface area contributed by atoms with E-state index >= 15 is 0 Å². The quantitative estimate of drug-likeness (QED) is 0.632. The summed E-state index contributed by atoms with van der Waals surface area (Å²) in [6.07, 6.45) is 0. The lowest BCUT2D eigenvalue weighted by molar-refractivity contribution is -0.120. The standard InChI is InChI=1S/C21H26N2O6/c1-5-29-16-8-6-14(7-9-16)21(25)23-13-20(24)22-12-15-10-18(27-3)19(28-4)11-17(15)26-2/h6-11H,5,12-13H2,1-4H3,(H,22,24)(H,23,25). The minimum absolute atomic E-state index is 0.151. The van der Waals surface area contributed by atoms with E-state index in [0.717, 1.165) is 5.56 Å². The molecule has 0 atom stereocenters. The third-order valence-electron chi connectivity index (χ3n) is 4.10. The molecule has 0 saturated heterocycles. The van der Waals surface area contributed by atoms with Crippen LogP contribution < -0.4 is 29.6 Å². The Kier molecular flexibility index (Phi) is 8.14. The molecule has 0 spiro atoms. The SMILES string of the molecule is CCOc1ccc(C(=O)NCC(=O)NCc2cc(OC)c(OC)cc2OC)cc1. The number of benzene rings is 2. The monoisotopic (exact) mass is 402 g/mol. The van der Waals surface area contributed by atoms with Crippen LogP contribution in [0.5, 0.6) is 23.0 Å². The first kappa shape index (κ1) is 21.9. The smallest absolute Gasteiger partial charge is 0.251 e. The van der Waals surface area contributed by atoms with E-state index < -0.39 is 0 Å². The summed E-state index contributed by atoms with van der Waals surface area (Å²) in [6, 6.07) is 10.1. The van der Waals surface area contributed by atoms with Gasteiger partial charge in [0.25, 0.3) is 5.91 Å². The number of hydrogen-bond acceptors (Lipinski definition) is 6. The van der Waals surface area contributed by atoms with Crippen LogP contribution in [0.4, 0.5) is 0 Å². The molecule has 2 amide bonds. The zero-order chi connectivity index (χ0) is 21.2. The second-order valence-corrected chi connectivity index (χ2v) is 5.94. The fraction of sp³-hybridized carbons (Fsp3) is 0.333. The zero-order valence-electron chi connectivity index (χ0n) is 17.0. The van der Waals surface area contributed by atoms with Crippen molar-refractivity contribution in [2.75, 3.05) is 34.5 Å². The highest BCUT2D eigenvalue weighted by Crippen LogP contribution is 2.34. The number of carbonyl (C=O) groups is 2. The first-order valence-electron chi connectivity index (χ1n) is 9.09. The fourth-order valence-corrected chi connectivity index (χ4v) is 2.62. The van der Waals surface area contributed by atoms with Crippen LogP contribution >= 0.6 is 0 Å². The topological polar surface area (TPSA) is 95.1 Å². The van der Waals surface area contributed by atoms with Gasteiger partial charge < -0.3 is 29.6 Å². The molecule has 0 aliphatic rings. The molecule has 2 N–H and O–H groups in total. The maximum absolute atomic E-state index is 12.2. The Morgan fingerprint density at radius 3 is 2.07 bits per heavy atom. The Morgan fingerprint density at radius 2 is 1.48 bits per heavy atom. The number of methoxy groups -OCH3 is 3. The number of ether oxygens (including phenoxy) is 4. The lowest BCUT2D eigenvalue weighted by Crippen LogP contribution is -2.36. The maximum Gasteiger partial charge on any atom is 0.251 e. The summed E-state index contributed by atoms with van der Waals surface area (Å²) >= 11 is 0. The van der Waals surface area contributed by atoms with Gasteiger partial charge in [-0.2, -0.15) is 0 Å². The van der Waals surface area contributed by atoms with Crippen LogP contribution in [0.2, 0.25) is 0 Å². The molecule has 156 valence electrons. The summed E-state index contributed by atoms with van der Waals surface area (Å²) in [5, 5.41) is 5.33. The molecule has 29 heavy (non-hydrogen) atoms. The van der Waals surface area contributed by atoms with Crippen molar-refractivity contribution in [2.24, 2.45) is 0 Å². The molecule has 0 aliphatic heterocycles. The van der Waals surface area contributed by atoms with Crippen LogP contribution in [0.3, 0.4) is 0 Å². The van der Waals surface area contributed by atoms with E-state index in [1.165, 1.54) is 21.3 Å². The Labute approximate surface area is 170 Å². The summed E-state index contributed by atoms with van der Waals surface area (Å²) in [7, 11) is 4.60. The third-order valence-corrected chi connectivity index (χ3v) is 4.10. The van der Waals surface area contributed by atoms with Crippen molar-refractivity contribution in [3.05, 3.63) is 47.5 Å². The molecule has 0 radical (unpaired) electrons. The zero-order valence-corrected chi connectivity index (χ0v) is 17.0. The Hall–Kier alpha value is -3.42. The van der Waals surface area contributed by atoms with E-state index in [0.29, 0.717) is 35.2 Å². The minimum atomic E-state index is -0.341. The highest BCUT2D eigenvalue weighted by atomic mass is 16.5. The van der Waals surface area contributed by atoms with Crippen LogP contribution in [0, 0.1) is 0 Å². The summed E-state index contributed by atoms with van der Waals surface area (Å²) in [5.41, 5.74) is 1.17. The van der Waals surface area contributed by atoms with E-state index in [2.05, 4.69) is 10.6 Å². The van der Waals surface area contributed by atoms with Crippen molar-refractivity contribution >= 4 is 11.8 Å². The molecule has 0 aromatic heterocycles. The molecule has 0 saturated carbocycles. The Morgan fingerprint density at radius 1 is 0.862 bits per heavy atom. The van der Waals surface area contributed by atoms with Crippen molar-refractivity contribution in [3.63, 3.8) is 0 Å². The summed E-state index contributed by atoms with van der Waals surface area (Å²) in [6.45, 7) is 2.50. The molecule has 8 nitrogen and oxygen atoms in total. The van der Waals surface area contributed by atoms with Crippen LogP contribution in [0.1, 0.15) is 22.8 Å². The van der Waals surface area contributed by atoms with Crippen LogP contribution in [-0.4, -0.2) is 46.3 Å².